The molecule has 0 radical (unpaired) electrons. The molecule has 0 spiro atoms. The van der Waals surface area contributed by atoms with Crippen molar-refractivity contribution >= 4 is 33.2 Å². The largest absolute Gasteiger partial charge is 0.397 e. The molecular weight excluding hydrogens is 294 g/mol. The molecule has 2 amide bonds. The summed E-state index contributed by atoms with van der Waals surface area (Å²) in [6, 6.07) is 5.13. The van der Waals surface area contributed by atoms with Crippen LogP contribution in [0.3, 0.4) is 0 Å². The highest BCUT2D eigenvalue weighted by Crippen LogP contribution is 2.34. The predicted molar refractivity (Wildman–Crippen MR) is 78.9 cm³/mol. The fourth-order valence-corrected chi connectivity index (χ4v) is 3.57. The van der Waals surface area contributed by atoms with Crippen LogP contribution >= 0.6 is 0 Å². The van der Waals surface area contributed by atoms with Gasteiger partial charge >= 0.3 is 0 Å². The topological polar surface area (TPSA) is 110 Å². The van der Waals surface area contributed by atoms with Gasteiger partial charge in [0.15, 0.2) is 4.75 Å². The normalized spacial score (nSPS) is 19.0. The van der Waals surface area contributed by atoms with Crippen molar-refractivity contribution in [2.24, 2.45) is 0 Å². The number of hydrogen-bond acceptors (Lipinski definition) is 5. The minimum absolute atomic E-state index is 0.376. The number of anilines is 2. The van der Waals surface area contributed by atoms with Crippen LogP contribution in [0.4, 0.5) is 11.4 Å². The summed E-state index contributed by atoms with van der Waals surface area (Å²) in [7, 11) is -3.77. The van der Waals surface area contributed by atoms with E-state index in [0.717, 1.165) is 5.56 Å². The molecule has 8 heteroatoms. The first-order valence-electron chi connectivity index (χ1n) is 6.30. The van der Waals surface area contributed by atoms with Crippen molar-refractivity contribution in [1.29, 1.82) is 0 Å². The van der Waals surface area contributed by atoms with Gasteiger partial charge in [-0.1, -0.05) is 12.1 Å². The van der Waals surface area contributed by atoms with Crippen LogP contribution in [0.25, 0.3) is 0 Å². The second-order valence-electron chi connectivity index (χ2n) is 5.41. The van der Waals surface area contributed by atoms with Crippen molar-refractivity contribution in [3.8, 4) is 0 Å². The second kappa shape index (κ2) is 4.73. The number of sulfonamides is 1. The van der Waals surface area contributed by atoms with Crippen LogP contribution in [0.1, 0.15) is 19.4 Å². The third-order valence-corrected chi connectivity index (χ3v) is 5.87. The Morgan fingerprint density at radius 3 is 2.52 bits per heavy atom. The number of nitrogens with zero attached hydrogens (tertiary/aromatic N) is 1. The number of amides is 2. The number of benzene rings is 1. The summed E-state index contributed by atoms with van der Waals surface area (Å²) >= 11 is 0. The van der Waals surface area contributed by atoms with Crippen LogP contribution in [0.15, 0.2) is 18.2 Å². The Morgan fingerprint density at radius 2 is 2.00 bits per heavy atom. The minimum Gasteiger partial charge on any atom is -0.397 e. The highest BCUT2D eigenvalue weighted by molar-refractivity contribution is 7.94. The summed E-state index contributed by atoms with van der Waals surface area (Å²) in [4.78, 5) is 23.7. The van der Waals surface area contributed by atoms with Gasteiger partial charge < -0.3 is 11.1 Å². The van der Waals surface area contributed by atoms with Gasteiger partial charge in [-0.25, -0.2) is 12.7 Å². The van der Waals surface area contributed by atoms with Crippen molar-refractivity contribution in [1.82, 2.24) is 4.31 Å². The maximum atomic E-state index is 11.9. The van der Waals surface area contributed by atoms with Gasteiger partial charge in [0, 0.05) is 0 Å². The summed E-state index contributed by atoms with van der Waals surface area (Å²) in [5, 5.41) is 2.54. The van der Waals surface area contributed by atoms with Crippen molar-refractivity contribution in [3.05, 3.63) is 23.8 Å². The summed E-state index contributed by atoms with van der Waals surface area (Å²) in [5.41, 5.74) is 7.31. The van der Waals surface area contributed by atoms with E-state index in [1.165, 1.54) is 13.8 Å². The van der Waals surface area contributed by atoms with Crippen LogP contribution in [0.5, 0.6) is 0 Å². The van der Waals surface area contributed by atoms with Crippen molar-refractivity contribution in [2.45, 2.75) is 25.5 Å². The molecule has 0 aromatic heterocycles. The average Bonchev–Trinajstić information content (AvgIpc) is 2.39. The lowest BCUT2D eigenvalue weighted by atomic mass is 10.1. The molecule has 3 N–H and O–H groups in total. The maximum absolute atomic E-state index is 11.9. The van der Waals surface area contributed by atoms with Crippen molar-refractivity contribution < 1.29 is 18.0 Å². The lowest BCUT2D eigenvalue weighted by Gasteiger charge is -2.42. The molecule has 0 bridgehead atoms. The van der Waals surface area contributed by atoms with Crippen molar-refractivity contribution in [2.75, 3.05) is 17.6 Å². The Labute approximate surface area is 123 Å². The van der Waals surface area contributed by atoms with E-state index >= 15 is 0 Å². The Hall–Kier alpha value is -2.09. The monoisotopic (exact) mass is 311 g/mol. The fourth-order valence-electron chi connectivity index (χ4n) is 2.08. The van der Waals surface area contributed by atoms with E-state index in [0.29, 0.717) is 15.7 Å². The Balaban J connectivity index is 2.13. The number of rotatable bonds is 3. The molecule has 1 saturated heterocycles. The Bertz CT molecular complexity index is 705. The summed E-state index contributed by atoms with van der Waals surface area (Å²) < 4.78 is 22.9. The highest BCUT2D eigenvalue weighted by Gasteiger charge is 2.60. The first-order chi connectivity index (χ1) is 9.59. The van der Waals surface area contributed by atoms with E-state index in [1.807, 2.05) is 0 Å². The lowest BCUT2D eigenvalue weighted by molar-refractivity contribution is -0.134. The Morgan fingerprint density at radius 1 is 1.38 bits per heavy atom. The molecule has 0 saturated carbocycles. The van der Waals surface area contributed by atoms with E-state index in [-0.39, 0.29) is 0 Å². The van der Waals surface area contributed by atoms with Crippen LogP contribution in [-0.4, -0.2) is 35.8 Å². The fraction of sp³-hybridized carbons (Fsp3) is 0.385. The average molecular weight is 311 g/mol. The molecule has 21 heavy (non-hydrogen) atoms. The molecule has 0 atom stereocenters. The van der Waals surface area contributed by atoms with Crippen LogP contribution < -0.4 is 11.1 Å². The molecule has 1 aromatic carbocycles. The van der Waals surface area contributed by atoms with E-state index < -0.39 is 33.1 Å². The lowest BCUT2D eigenvalue weighted by Crippen LogP contribution is -2.68. The number of aryl methyl sites for hydroxylation is 1. The highest BCUT2D eigenvalue weighted by atomic mass is 32.2. The maximum Gasteiger partial charge on any atom is 0.259 e. The molecular formula is C13H17N3O4S. The van der Waals surface area contributed by atoms with Gasteiger partial charge in [-0.2, -0.15) is 0 Å². The van der Waals surface area contributed by atoms with E-state index in [9.17, 15) is 18.0 Å². The van der Waals surface area contributed by atoms with Gasteiger partial charge in [-0.15, -0.1) is 0 Å². The molecule has 7 nitrogen and oxygen atoms in total. The van der Waals surface area contributed by atoms with E-state index in [2.05, 4.69) is 5.32 Å². The summed E-state index contributed by atoms with van der Waals surface area (Å²) in [6.45, 7) is 3.86. The molecule has 1 aromatic rings. The van der Waals surface area contributed by atoms with Crippen LogP contribution in [-0.2, 0) is 19.6 Å². The van der Waals surface area contributed by atoms with E-state index in [4.69, 9.17) is 5.73 Å². The second-order valence-corrected chi connectivity index (χ2v) is 7.83. The number of para-hydroxylation sites is 1. The minimum atomic E-state index is -3.77. The predicted octanol–water partition coefficient (Wildman–Crippen LogP) is 0.466. The van der Waals surface area contributed by atoms with Gasteiger partial charge in [0.1, 0.15) is 6.54 Å². The molecule has 1 fully saturated rings. The zero-order valence-corrected chi connectivity index (χ0v) is 12.8. The third-order valence-electron chi connectivity index (χ3n) is 3.53. The van der Waals surface area contributed by atoms with Gasteiger partial charge in [-0.05, 0) is 32.4 Å². The smallest absolute Gasteiger partial charge is 0.259 e. The van der Waals surface area contributed by atoms with Crippen molar-refractivity contribution in [3.63, 3.8) is 0 Å². The molecule has 0 aliphatic carbocycles. The molecule has 114 valence electrons. The van der Waals surface area contributed by atoms with E-state index in [1.54, 1.807) is 25.1 Å². The molecule has 1 aliphatic heterocycles. The Kier molecular flexibility index (Phi) is 3.45. The molecule has 1 heterocycles. The molecule has 1 aliphatic rings. The molecule has 0 unspecified atom stereocenters. The summed E-state index contributed by atoms with van der Waals surface area (Å²) in [6.07, 6.45) is 0. The zero-order chi connectivity index (χ0) is 16.0. The van der Waals surface area contributed by atoms with Gasteiger partial charge in [0.2, 0.25) is 5.91 Å². The number of carbonyl (C=O) groups excluding carboxylic acids is 2. The first-order valence-corrected chi connectivity index (χ1v) is 7.74. The standard InChI is InChI=1S/C13H17N3O4S/c1-8-5-4-6-9(14)11(8)15-10(17)7-16-12(18)13(2,3)21(16,19)20/h4-6H,7,14H2,1-3H3,(H,15,17). The zero-order valence-electron chi connectivity index (χ0n) is 12.0. The SMILES string of the molecule is Cc1cccc(N)c1NC(=O)CN1C(=O)C(C)(C)S1(=O)=O. The van der Waals surface area contributed by atoms with Crippen LogP contribution in [0, 0.1) is 6.92 Å². The number of hydrogen-bond donors (Lipinski definition) is 2. The first kappa shape index (κ1) is 15.3. The third kappa shape index (κ3) is 2.25. The number of nitrogen functional groups attached to an aromatic ring is 1. The van der Waals surface area contributed by atoms with Gasteiger partial charge in [0.25, 0.3) is 15.9 Å². The van der Waals surface area contributed by atoms with Gasteiger partial charge in [-0.3, -0.25) is 9.59 Å². The molecule has 2 rings (SSSR count). The summed E-state index contributed by atoms with van der Waals surface area (Å²) in [5.74, 6) is -1.20. The number of nitrogens with one attached hydrogen (secondary N) is 1. The number of nitrogens with two attached hydrogens (primary N) is 1. The van der Waals surface area contributed by atoms with Crippen LogP contribution in [0.2, 0.25) is 0 Å². The quantitative estimate of drug-likeness (QED) is 0.788. The van der Waals surface area contributed by atoms with Gasteiger partial charge in [0.05, 0.1) is 11.4 Å². The number of carbonyl (C=O) groups is 2.